The molecule has 0 unspecified atom stereocenters. The lowest BCUT2D eigenvalue weighted by molar-refractivity contribution is 0.132. The van der Waals surface area contributed by atoms with Crippen molar-refractivity contribution < 1.29 is 0 Å². The molecule has 1 aliphatic rings. The van der Waals surface area contributed by atoms with E-state index in [1.165, 1.54) is 0 Å². The van der Waals surface area contributed by atoms with E-state index < -0.39 is 0 Å². The fourth-order valence-electron chi connectivity index (χ4n) is 1.40. The summed E-state index contributed by atoms with van der Waals surface area (Å²) in [5, 5.41) is 0. The van der Waals surface area contributed by atoms with Crippen molar-refractivity contribution in [2.24, 2.45) is 11.3 Å². The van der Waals surface area contributed by atoms with Gasteiger partial charge in [0, 0.05) is 12.8 Å². The van der Waals surface area contributed by atoms with Crippen LogP contribution in [0, 0.1) is 17.9 Å². The molecule has 0 N–H and O–H groups in total. The van der Waals surface area contributed by atoms with Crippen LogP contribution in [-0.2, 0) is 0 Å². The predicted molar refractivity (Wildman–Crippen MR) is 42.6 cm³/mol. The van der Waals surface area contributed by atoms with Crippen molar-refractivity contribution in [3.8, 4) is 0 Å². The summed E-state index contributed by atoms with van der Waals surface area (Å²) in [5.41, 5.74) is 0.432. The second-order valence-electron chi connectivity index (χ2n) is 4.32. The van der Waals surface area contributed by atoms with Crippen LogP contribution in [0.4, 0.5) is 0 Å². The monoisotopic (exact) mass is 137 g/mol. The maximum Gasteiger partial charge on any atom is 0.224 e. The van der Waals surface area contributed by atoms with E-state index in [0.29, 0.717) is 11.5 Å². The van der Waals surface area contributed by atoms with Crippen molar-refractivity contribution in [3.63, 3.8) is 0 Å². The zero-order chi connectivity index (χ0) is 7.78. The molecule has 0 amide bonds. The molecule has 1 rings (SSSR count). The molecule has 0 aromatic heterocycles. The van der Waals surface area contributed by atoms with Crippen molar-refractivity contribution >= 4 is 0 Å². The highest BCUT2D eigenvalue weighted by atomic mass is 14.7. The predicted octanol–water partition coefficient (Wildman–Crippen LogP) is 2.73. The molecule has 0 heterocycles. The zero-order valence-electron chi connectivity index (χ0n) is 7.02. The maximum atomic E-state index is 6.78. The molecule has 0 spiro atoms. The zero-order valence-corrected chi connectivity index (χ0v) is 7.02. The Bertz CT molecular complexity index is 153. The van der Waals surface area contributed by atoms with Crippen molar-refractivity contribution in [2.45, 2.75) is 39.7 Å². The minimum absolute atomic E-state index is 0.351. The van der Waals surface area contributed by atoms with E-state index in [2.05, 4.69) is 25.6 Å². The van der Waals surface area contributed by atoms with E-state index in [-0.39, 0.29) is 0 Å². The van der Waals surface area contributed by atoms with Gasteiger partial charge < -0.3 is 4.85 Å². The Labute approximate surface area is 63.3 Å². The number of hydrogen-bond acceptors (Lipinski definition) is 0. The SMILES string of the molecule is [C-]#[N+]C1CC(C(C)(C)C)C1. The summed E-state index contributed by atoms with van der Waals surface area (Å²) in [6, 6.07) is 0.351. The second kappa shape index (κ2) is 2.27. The highest BCUT2D eigenvalue weighted by Crippen LogP contribution is 2.42. The molecule has 1 nitrogen and oxygen atoms in total. The largest absolute Gasteiger partial charge is 0.314 e. The van der Waals surface area contributed by atoms with E-state index in [1.807, 2.05) is 0 Å². The van der Waals surface area contributed by atoms with Crippen LogP contribution in [0.25, 0.3) is 4.85 Å². The quantitative estimate of drug-likeness (QED) is 0.452. The molecule has 0 bridgehead atoms. The molecule has 1 saturated carbocycles. The highest BCUT2D eigenvalue weighted by molar-refractivity contribution is 4.96. The van der Waals surface area contributed by atoms with Crippen molar-refractivity contribution in [1.82, 2.24) is 0 Å². The summed E-state index contributed by atoms with van der Waals surface area (Å²) >= 11 is 0. The van der Waals surface area contributed by atoms with Crippen LogP contribution in [0.1, 0.15) is 33.6 Å². The molecular weight excluding hydrogens is 122 g/mol. The molecule has 0 aromatic rings. The smallest absolute Gasteiger partial charge is 0.224 e. The first-order valence-electron chi connectivity index (χ1n) is 3.90. The Morgan fingerprint density at radius 1 is 1.30 bits per heavy atom. The molecule has 1 fully saturated rings. The summed E-state index contributed by atoms with van der Waals surface area (Å²) in [6.07, 6.45) is 2.26. The summed E-state index contributed by atoms with van der Waals surface area (Å²) in [6.45, 7) is 13.6. The van der Waals surface area contributed by atoms with Crippen LogP contribution in [-0.4, -0.2) is 6.04 Å². The van der Waals surface area contributed by atoms with Crippen molar-refractivity contribution in [1.29, 1.82) is 0 Å². The average molecular weight is 137 g/mol. The number of rotatable bonds is 0. The molecule has 0 radical (unpaired) electrons. The first kappa shape index (κ1) is 7.60. The first-order chi connectivity index (χ1) is 4.54. The molecule has 10 heavy (non-hydrogen) atoms. The van der Waals surface area contributed by atoms with Gasteiger partial charge in [-0.05, 0) is 11.3 Å². The van der Waals surface area contributed by atoms with Crippen LogP contribution in [0.15, 0.2) is 0 Å². The third-order valence-electron chi connectivity index (χ3n) is 2.52. The van der Waals surface area contributed by atoms with E-state index in [1.54, 1.807) is 0 Å². The Morgan fingerprint density at radius 2 is 1.80 bits per heavy atom. The van der Waals surface area contributed by atoms with Crippen LogP contribution in [0.2, 0.25) is 0 Å². The van der Waals surface area contributed by atoms with Gasteiger partial charge in [-0.3, -0.25) is 0 Å². The van der Waals surface area contributed by atoms with E-state index in [4.69, 9.17) is 6.57 Å². The fourth-order valence-corrected chi connectivity index (χ4v) is 1.40. The van der Waals surface area contributed by atoms with Gasteiger partial charge in [0.2, 0.25) is 6.04 Å². The molecule has 56 valence electrons. The van der Waals surface area contributed by atoms with Gasteiger partial charge in [-0.25, -0.2) is 6.57 Å². The standard InChI is InChI=1S/C9H15N/c1-9(2,3)7-5-8(6-7)10-4/h7-8H,5-6H2,1-3H3. The fraction of sp³-hybridized carbons (Fsp3) is 0.889. The van der Waals surface area contributed by atoms with Crippen LogP contribution in [0.3, 0.4) is 0 Å². The molecular formula is C9H15N. The van der Waals surface area contributed by atoms with Gasteiger partial charge in [-0.15, -0.1) is 0 Å². The molecule has 0 aliphatic heterocycles. The van der Waals surface area contributed by atoms with Crippen LogP contribution < -0.4 is 0 Å². The Balaban J connectivity index is 2.35. The third kappa shape index (κ3) is 1.31. The minimum Gasteiger partial charge on any atom is -0.314 e. The average Bonchev–Trinajstić information content (AvgIpc) is 1.57. The van der Waals surface area contributed by atoms with Gasteiger partial charge >= 0.3 is 0 Å². The highest BCUT2D eigenvalue weighted by Gasteiger charge is 2.40. The van der Waals surface area contributed by atoms with E-state index in [0.717, 1.165) is 18.8 Å². The van der Waals surface area contributed by atoms with Gasteiger partial charge in [0.15, 0.2) is 0 Å². The van der Waals surface area contributed by atoms with Gasteiger partial charge in [-0.2, -0.15) is 0 Å². The lowest BCUT2D eigenvalue weighted by Gasteiger charge is -2.37. The van der Waals surface area contributed by atoms with Crippen molar-refractivity contribution in [3.05, 3.63) is 11.4 Å². The molecule has 0 saturated heterocycles. The summed E-state index contributed by atoms with van der Waals surface area (Å²) < 4.78 is 0. The van der Waals surface area contributed by atoms with Gasteiger partial charge in [0.1, 0.15) is 0 Å². The van der Waals surface area contributed by atoms with Crippen LogP contribution in [0.5, 0.6) is 0 Å². The number of hydrogen-bond donors (Lipinski definition) is 0. The van der Waals surface area contributed by atoms with Crippen molar-refractivity contribution in [2.75, 3.05) is 0 Å². The van der Waals surface area contributed by atoms with Crippen LogP contribution >= 0.6 is 0 Å². The second-order valence-corrected chi connectivity index (χ2v) is 4.32. The third-order valence-corrected chi connectivity index (χ3v) is 2.52. The molecule has 1 heteroatoms. The first-order valence-corrected chi connectivity index (χ1v) is 3.90. The lowest BCUT2D eigenvalue weighted by atomic mass is 9.66. The van der Waals surface area contributed by atoms with E-state index in [9.17, 15) is 0 Å². The van der Waals surface area contributed by atoms with Gasteiger partial charge in [0.05, 0.1) is 0 Å². The Kier molecular flexibility index (Phi) is 1.72. The Morgan fingerprint density at radius 3 is 2.10 bits per heavy atom. The van der Waals surface area contributed by atoms with Gasteiger partial charge in [0.25, 0.3) is 0 Å². The molecule has 0 aromatic carbocycles. The lowest BCUT2D eigenvalue weighted by Crippen LogP contribution is -2.35. The molecule has 1 aliphatic carbocycles. The maximum absolute atomic E-state index is 6.78. The topological polar surface area (TPSA) is 4.36 Å². The van der Waals surface area contributed by atoms with Gasteiger partial charge in [-0.1, -0.05) is 20.8 Å². The number of nitrogens with zero attached hydrogens (tertiary/aromatic N) is 1. The normalized spacial score (nSPS) is 32.6. The van der Waals surface area contributed by atoms with E-state index >= 15 is 0 Å². The Hall–Kier alpha value is -0.510. The summed E-state index contributed by atoms with van der Waals surface area (Å²) in [4.78, 5) is 3.51. The summed E-state index contributed by atoms with van der Waals surface area (Å²) in [5.74, 6) is 0.798. The minimum atomic E-state index is 0.351. The summed E-state index contributed by atoms with van der Waals surface area (Å²) in [7, 11) is 0. The molecule has 0 atom stereocenters.